The summed E-state index contributed by atoms with van der Waals surface area (Å²) in [4.78, 5) is 20.1. The van der Waals surface area contributed by atoms with E-state index in [4.69, 9.17) is 0 Å². The van der Waals surface area contributed by atoms with Crippen LogP contribution in [0.1, 0.15) is 62.1 Å². The fourth-order valence-electron chi connectivity index (χ4n) is 6.99. The van der Waals surface area contributed by atoms with Crippen LogP contribution in [0.2, 0.25) is 0 Å². The number of amides is 1. The first-order valence-electron chi connectivity index (χ1n) is 16.8. The van der Waals surface area contributed by atoms with Gasteiger partial charge in [-0.2, -0.15) is 0 Å². The quantitative estimate of drug-likeness (QED) is 0.155. The van der Waals surface area contributed by atoms with Gasteiger partial charge in [-0.3, -0.25) is 14.3 Å². The number of aryl methyl sites for hydroxylation is 1. The first-order chi connectivity index (χ1) is 23.3. The Bertz CT molecular complexity index is 2100. The number of aromatic nitrogens is 5. The van der Waals surface area contributed by atoms with E-state index in [9.17, 15) is 15.0 Å². The number of carbonyl (C=O) groups is 1. The van der Waals surface area contributed by atoms with Crippen molar-refractivity contribution in [2.24, 2.45) is 5.92 Å². The van der Waals surface area contributed by atoms with Gasteiger partial charge in [-0.05, 0) is 86.1 Å². The molecule has 3 N–H and O–H groups in total. The summed E-state index contributed by atoms with van der Waals surface area (Å²) in [6.07, 6.45) is 7.46. The van der Waals surface area contributed by atoms with E-state index in [1.807, 2.05) is 45.2 Å². The van der Waals surface area contributed by atoms with Crippen molar-refractivity contribution in [3.63, 3.8) is 0 Å². The SMILES string of the molecule is CCNC(=O)c1nnc(-c2cc(C(C)C)c(O)cc2O)n1-c1ccc2c(ccn2CCC2CCN(c3ccnc4ccccc34)CC2)c1. The van der Waals surface area contributed by atoms with Crippen LogP contribution in [0, 0.1) is 5.92 Å². The molecule has 4 heterocycles. The molecular weight excluding hydrogens is 602 g/mol. The van der Waals surface area contributed by atoms with Crippen molar-refractivity contribution in [3.8, 4) is 28.6 Å². The molecule has 0 aliphatic carbocycles. The number of hydrogen-bond donors (Lipinski definition) is 3. The van der Waals surface area contributed by atoms with Crippen molar-refractivity contribution in [2.75, 3.05) is 24.5 Å². The topological polar surface area (TPSA) is 121 Å². The number of nitrogens with one attached hydrogen (secondary N) is 1. The predicted molar refractivity (Wildman–Crippen MR) is 189 cm³/mol. The Morgan fingerprint density at radius 2 is 1.79 bits per heavy atom. The molecule has 246 valence electrons. The highest BCUT2D eigenvalue weighted by Gasteiger charge is 2.25. The lowest BCUT2D eigenvalue weighted by molar-refractivity contribution is 0.0943. The summed E-state index contributed by atoms with van der Waals surface area (Å²) in [6.45, 7) is 9.22. The number of pyridine rings is 1. The summed E-state index contributed by atoms with van der Waals surface area (Å²) < 4.78 is 3.98. The minimum absolute atomic E-state index is 0.00833. The number of benzene rings is 3. The van der Waals surface area contributed by atoms with Gasteiger partial charge in [0.2, 0.25) is 5.82 Å². The molecule has 48 heavy (non-hydrogen) atoms. The summed E-state index contributed by atoms with van der Waals surface area (Å²) in [5, 5.41) is 35.0. The molecule has 1 saturated heterocycles. The Morgan fingerprint density at radius 1 is 0.979 bits per heavy atom. The standard InChI is InChI=1S/C38H41N7O3/c1-4-39-38(48)37-42-41-36(30-22-29(24(2)3)34(46)23-35(30)47)45(37)27-9-10-32-26(21-27)15-20-43(32)17-12-25-13-18-44(19-14-25)33-11-16-40-31-8-6-5-7-28(31)33/h5-11,15-16,20-25,46-47H,4,12-14,17-19H2,1-3H3,(H,39,48). The Kier molecular flexibility index (Phi) is 8.47. The largest absolute Gasteiger partial charge is 0.508 e. The number of piperidine rings is 1. The maximum absolute atomic E-state index is 13.1. The van der Waals surface area contributed by atoms with Gasteiger partial charge in [-0.15, -0.1) is 10.2 Å². The Labute approximate surface area is 279 Å². The average molecular weight is 644 g/mol. The lowest BCUT2D eigenvalue weighted by Gasteiger charge is -2.34. The molecule has 0 saturated carbocycles. The van der Waals surface area contributed by atoms with E-state index >= 15 is 0 Å². The first-order valence-corrected chi connectivity index (χ1v) is 16.8. The second kappa shape index (κ2) is 13.0. The monoisotopic (exact) mass is 643 g/mol. The molecular formula is C38H41N7O3. The van der Waals surface area contributed by atoms with Gasteiger partial charge in [0.05, 0.1) is 16.8 Å². The minimum Gasteiger partial charge on any atom is -0.508 e. The zero-order valence-corrected chi connectivity index (χ0v) is 27.6. The highest BCUT2D eigenvalue weighted by Crippen LogP contribution is 2.38. The van der Waals surface area contributed by atoms with Gasteiger partial charge < -0.3 is 25.0 Å². The van der Waals surface area contributed by atoms with Crippen molar-refractivity contribution in [2.45, 2.75) is 52.5 Å². The number of fused-ring (bicyclic) bond motifs is 2. The molecule has 6 aromatic rings. The van der Waals surface area contributed by atoms with Gasteiger partial charge in [0.15, 0.2) is 5.82 Å². The summed E-state index contributed by atoms with van der Waals surface area (Å²) in [5.74, 6) is 0.612. The number of anilines is 1. The third-order valence-electron chi connectivity index (χ3n) is 9.58. The highest BCUT2D eigenvalue weighted by molar-refractivity contribution is 5.93. The van der Waals surface area contributed by atoms with Crippen LogP contribution in [0.15, 0.2) is 79.1 Å². The third-order valence-corrected chi connectivity index (χ3v) is 9.58. The van der Waals surface area contributed by atoms with E-state index in [2.05, 4.69) is 72.6 Å². The molecule has 1 aliphatic heterocycles. The first kappa shape index (κ1) is 31.2. The fourth-order valence-corrected chi connectivity index (χ4v) is 6.99. The van der Waals surface area contributed by atoms with E-state index in [0.717, 1.165) is 55.3 Å². The number of rotatable bonds is 9. The number of hydrogen-bond acceptors (Lipinski definition) is 7. The third kappa shape index (κ3) is 5.83. The van der Waals surface area contributed by atoms with Crippen molar-refractivity contribution in [3.05, 3.63) is 90.5 Å². The smallest absolute Gasteiger partial charge is 0.289 e. The zero-order chi connectivity index (χ0) is 33.4. The maximum Gasteiger partial charge on any atom is 0.289 e. The molecule has 3 aromatic heterocycles. The van der Waals surface area contributed by atoms with Crippen LogP contribution < -0.4 is 10.2 Å². The number of phenolic OH excluding ortho intramolecular Hbond substituents is 2. The molecule has 1 amide bonds. The summed E-state index contributed by atoms with van der Waals surface area (Å²) >= 11 is 0. The molecule has 10 heteroatoms. The second-order valence-electron chi connectivity index (χ2n) is 12.9. The van der Waals surface area contributed by atoms with Crippen LogP contribution >= 0.6 is 0 Å². The molecule has 0 bridgehead atoms. The van der Waals surface area contributed by atoms with Crippen molar-refractivity contribution < 1.29 is 15.0 Å². The van der Waals surface area contributed by atoms with E-state index in [1.165, 1.54) is 17.1 Å². The molecule has 1 fully saturated rings. The van der Waals surface area contributed by atoms with Gasteiger partial charge in [0.25, 0.3) is 5.91 Å². The van der Waals surface area contributed by atoms with E-state index < -0.39 is 0 Å². The van der Waals surface area contributed by atoms with Crippen molar-refractivity contribution >= 4 is 33.4 Å². The van der Waals surface area contributed by atoms with Crippen molar-refractivity contribution in [1.82, 2.24) is 29.6 Å². The van der Waals surface area contributed by atoms with Gasteiger partial charge in [0.1, 0.15) is 11.5 Å². The van der Waals surface area contributed by atoms with E-state index in [0.29, 0.717) is 35.1 Å². The number of carbonyl (C=O) groups excluding carboxylic acids is 1. The molecule has 0 spiro atoms. The maximum atomic E-state index is 13.1. The Hall–Kier alpha value is -5.38. The average Bonchev–Trinajstić information content (AvgIpc) is 3.72. The molecule has 7 rings (SSSR count). The van der Waals surface area contributed by atoms with Crippen molar-refractivity contribution in [1.29, 1.82) is 0 Å². The summed E-state index contributed by atoms with van der Waals surface area (Å²) in [5.41, 5.74) is 5.19. The van der Waals surface area contributed by atoms with Gasteiger partial charge in [-0.1, -0.05) is 32.0 Å². The lowest BCUT2D eigenvalue weighted by atomic mass is 9.93. The van der Waals surface area contributed by atoms with Crippen LogP contribution in [0.5, 0.6) is 11.5 Å². The number of aromatic hydroxyl groups is 2. The Balaban J connectivity index is 1.12. The van der Waals surface area contributed by atoms with Crippen LogP contribution in [-0.2, 0) is 6.54 Å². The Morgan fingerprint density at radius 3 is 2.58 bits per heavy atom. The zero-order valence-electron chi connectivity index (χ0n) is 27.6. The predicted octanol–water partition coefficient (Wildman–Crippen LogP) is 7.03. The molecule has 0 unspecified atom stereocenters. The number of phenols is 2. The van der Waals surface area contributed by atoms with Crippen LogP contribution in [0.3, 0.4) is 0 Å². The minimum atomic E-state index is -0.362. The molecule has 0 atom stereocenters. The molecule has 3 aromatic carbocycles. The van der Waals surface area contributed by atoms with Gasteiger partial charge >= 0.3 is 0 Å². The molecule has 1 aliphatic rings. The molecule has 10 nitrogen and oxygen atoms in total. The van der Waals surface area contributed by atoms with Crippen LogP contribution in [0.25, 0.3) is 38.9 Å². The lowest BCUT2D eigenvalue weighted by Crippen LogP contribution is -2.34. The summed E-state index contributed by atoms with van der Waals surface area (Å²) in [6, 6.07) is 21.7. The van der Waals surface area contributed by atoms with E-state index in [-0.39, 0.29) is 29.1 Å². The van der Waals surface area contributed by atoms with E-state index in [1.54, 1.807) is 10.6 Å². The highest BCUT2D eigenvalue weighted by atomic mass is 16.3. The number of nitrogens with zero attached hydrogens (tertiary/aromatic N) is 6. The van der Waals surface area contributed by atoms with Gasteiger partial charge in [0, 0.05) is 66.6 Å². The fraction of sp³-hybridized carbons (Fsp3) is 0.316. The second-order valence-corrected chi connectivity index (χ2v) is 12.9. The van der Waals surface area contributed by atoms with Crippen LogP contribution in [-0.4, -0.2) is 60.1 Å². The van der Waals surface area contributed by atoms with Gasteiger partial charge in [-0.25, -0.2) is 0 Å². The summed E-state index contributed by atoms with van der Waals surface area (Å²) in [7, 11) is 0. The number of para-hydroxylation sites is 1. The van der Waals surface area contributed by atoms with Crippen LogP contribution in [0.4, 0.5) is 5.69 Å². The molecule has 0 radical (unpaired) electrons. The normalized spacial score (nSPS) is 14.0.